The number of rotatable bonds is 5. The van der Waals surface area contributed by atoms with Crippen molar-refractivity contribution in [1.29, 1.82) is 0 Å². The fourth-order valence-electron chi connectivity index (χ4n) is 2.49. The number of carbonyl (C=O) groups is 1. The molecule has 0 unspecified atom stereocenters. The van der Waals surface area contributed by atoms with Crippen LogP contribution in [0.2, 0.25) is 0 Å². The number of thioether (sulfide) groups is 1. The van der Waals surface area contributed by atoms with Gasteiger partial charge in [-0.05, 0) is 30.3 Å². The number of carbonyl (C=O) groups excluding carboxylic acids is 1. The summed E-state index contributed by atoms with van der Waals surface area (Å²) in [6.07, 6.45) is -2.79. The molecule has 0 radical (unpaired) electrons. The average Bonchev–Trinajstić information content (AvgIpc) is 3.02. The Kier molecular flexibility index (Phi) is 5.78. The number of hydrogen-bond acceptors (Lipinski definition) is 5. The van der Waals surface area contributed by atoms with Crippen molar-refractivity contribution < 1.29 is 18.0 Å². The number of amides is 1. The van der Waals surface area contributed by atoms with E-state index in [2.05, 4.69) is 15.5 Å². The van der Waals surface area contributed by atoms with Crippen LogP contribution in [0.3, 0.4) is 0 Å². The Balaban J connectivity index is 1.63. The van der Waals surface area contributed by atoms with Gasteiger partial charge in [0, 0.05) is 37.6 Å². The highest BCUT2D eigenvalue weighted by Crippen LogP contribution is 2.30. The lowest BCUT2D eigenvalue weighted by molar-refractivity contribution is -0.137. The summed E-state index contributed by atoms with van der Waals surface area (Å²) in [5.74, 6) is 0.146. The number of aryl methyl sites for hydroxylation is 1. The molecule has 1 aromatic carbocycles. The van der Waals surface area contributed by atoms with Crippen LogP contribution < -0.4 is 10.9 Å². The van der Waals surface area contributed by atoms with Crippen molar-refractivity contribution in [3.63, 3.8) is 0 Å². The molecular formula is C18H16F3N5O2S. The number of aromatic nitrogens is 4. The highest BCUT2D eigenvalue weighted by atomic mass is 32.2. The van der Waals surface area contributed by atoms with Crippen LogP contribution in [0.15, 0.2) is 52.5 Å². The van der Waals surface area contributed by atoms with E-state index in [1.165, 1.54) is 22.8 Å². The maximum absolute atomic E-state index is 12.6. The van der Waals surface area contributed by atoms with Crippen molar-refractivity contribution in [2.75, 3.05) is 11.1 Å². The lowest BCUT2D eigenvalue weighted by Gasteiger charge is -2.09. The number of pyridine rings is 1. The minimum Gasteiger partial charge on any atom is -0.325 e. The monoisotopic (exact) mass is 423 g/mol. The second kappa shape index (κ2) is 8.11. The van der Waals surface area contributed by atoms with Gasteiger partial charge in [-0.3, -0.25) is 9.59 Å². The predicted octanol–water partition coefficient (Wildman–Crippen LogP) is 2.93. The van der Waals surface area contributed by atoms with Crippen molar-refractivity contribution >= 4 is 23.4 Å². The summed E-state index contributed by atoms with van der Waals surface area (Å²) >= 11 is 1.13. The van der Waals surface area contributed by atoms with Gasteiger partial charge in [-0.25, -0.2) is 0 Å². The number of benzene rings is 1. The fraction of sp³-hybridized carbons (Fsp3) is 0.222. The van der Waals surface area contributed by atoms with E-state index >= 15 is 0 Å². The second-order valence-electron chi connectivity index (χ2n) is 6.14. The molecule has 0 bridgehead atoms. The first kappa shape index (κ1) is 20.6. The molecule has 3 aromatic rings. The summed E-state index contributed by atoms with van der Waals surface area (Å²) in [6, 6.07) is 7.28. The van der Waals surface area contributed by atoms with Gasteiger partial charge in [-0.15, -0.1) is 10.2 Å². The van der Waals surface area contributed by atoms with Crippen molar-refractivity contribution in [3.05, 3.63) is 58.5 Å². The normalized spacial score (nSPS) is 11.5. The quantitative estimate of drug-likeness (QED) is 0.638. The van der Waals surface area contributed by atoms with Crippen molar-refractivity contribution in [2.45, 2.75) is 11.3 Å². The van der Waals surface area contributed by atoms with Crippen LogP contribution >= 0.6 is 11.8 Å². The number of hydrogen-bond donors (Lipinski definition) is 1. The second-order valence-corrected chi connectivity index (χ2v) is 7.09. The Morgan fingerprint density at radius 2 is 1.79 bits per heavy atom. The molecule has 1 amide bonds. The molecule has 11 heteroatoms. The number of nitrogens with one attached hydrogen (secondary N) is 1. The summed E-state index contributed by atoms with van der Waals surface area (Å²) in [7, 11) is 3.36. The maximum atomic E-state index is 12.6. The number of halogens is 3. The van der Waals surface area contributed by atoms with E-state index in [0.29, 0.717) is 16.5 Å². The zero-order valence-electron chi connectivity index (χ0n) is 15.4. The number of alkyl halides is 3. The van der Waals surface area contributed by atoms with Gasteiger partial charge in [0.1, 0.15) is 0 Å². The highest BCUT2D eigenvalue weighted by molar-refractivity contribution is 7.99. The van der Waals surface area contributed by atoms with Gasteiger partial charge >= 0.3 is 6.18 Å². The average molecular weight is 423 g/mol. The van der Waals surface area contributed by atoms with Gasteiger partial charge in [-0.2, -0.15) is 13.2 Å². The Labute approximate surface area is 167 Å². The van der Waals surface area contributed by atoms with E-state index in [1.807, 2.05) is 0 Å². The smallest absolute Gasteiger partial charge is 0.325 e. The lowest BCUT2D eigenvalue weighted by Crippen LogP contribution is -2.15. The van der Waals surface area contributed by atoms with E-state index < -0.39 is 11.7 Å². The van der Waals surface area contributed by atoms with E-state index in [1.54, 1.807) is 30.9 Å². The SMILES string of the molecule is Cn1c(SCC(=O)Nc2ccc(C(F)(F)F)cc2)nnc1-c1ccc(=O)n(C)c1. The van der Waals surface area contributed by atoms with Crippen LogP contribution in [0, 0.1) is 0 Å². The van der Waals surface area contributed by atoms with Crippen molar-refractivity contribution in [2.24, 2.45) is 14.1 Å². The predicted molar refractivity (Wildman–Crippen MR) is 102 cm³/mol. The molecule has 29 heavy (non-hydrogen) atoms. The third-order valence-electron chi connectivity index (χ3n) is 4.01. The molecule has 0 fully saturated rings. The molecule has 3 rings (SSSR count). The summed E-state index contributed by atoms with van der Waals surface area (Å²) in [6.45, 7) is 0. The van der Waals surface area contributed by atoms with Crippen LogP contribution in [-0.4, -0.2) is 31.0 Å². The minimum absolute atomic E-state index is 0.000269. The lowest BCUT2D eigenvalue weighted by atomic mass is 10.2. The maximum Gasteiger partial charge on any atom is 0.416 e. The molecule has 0 atom stereocenters. The van der Waals surface area contributed by atoms with E-state index in [9.17, 15) is 22.8 Å². The first-order valence-electron chi connectivity index (χ1n) is 8.31. The van der Waals surface area contributed by atoms with Gasteiger partial charge in [0.25, 0.3) is 0 Å². The Bertz CT molecular complexity index is 1090. The van der Waals surface area contributed by atoms with E-state index in [-0.39, 0.29) is 22.9 Å². The van der Waals surface area contributed by atoms with Crippen molar-refractivity contribution in [1.82, 2.24) is 19.3 Å². The van der Waals surface area contributed by atoms with Crippen molar-refractivity contribution in [3.8, 4) is 11.4 Å². The van der Waals surface area contributed by atoms with Crippen LogP contribution in [-0.2, 0) is 25.1 Å². The van der Waals surface area contributed by atoms with Gasteiger partial charge in [-0.1, -0.05) is 11.8 Å². The Hall–Kier alpha value is -3.08. The molecular weight excluding hydrogens is 407 g/mol. The zero-order chi connectivity index (χ0) is 21.2. The highest BCUT2D eigenvalue weighted by Gasteiger charge is 2.30. The fourth-order valence-corrected chi connectivity index (χ4v) is 3.20. The van der Waals surface area contributed by atoms with Gasteiger partial charge in [0.05, 0.1) is 11.3 Å². The summed E-state index contributed by atoms with van der Waals surface area (Å²) in [4.78, 5) is 23.6. The summed E-state index contributed by atoms with van der Waals surface area (Å²) in [5, 5.41) is 11.2. The summed E-state index contributed by atoms with van der Waals surface area (Å²) in [5.41, 5.74) is 0.0379. The van der Waals surface area contributed by atoms with Gasteiger partial charge < -0.3 is 14.5 Å². The van der Waals surface area contributed by atoms with Crippen LogP contribution in [0.1, 0.15) is 5.56 Å². The van der Waals surface area contributed by atoms with Crippen LogP contribution in [0.5, 0.6) is 0 Å². The molecule has 2 aromatic heterocycles. The topological polar surface area (TPSA) is 81.8 Å². The molecule has 152 valence electrons. The molecule has 7 nitrogen and oxygen atoms in total. The molecule has 0 saturated heterocycles. The van der Waals surface area contributed by atoms with Crippen LogP contribution in [0.4, 0.5) is 18.9 Å². The molecule has 0 aliphatic rings. The van der Waals surface area contributed by atoms with E-state index in [4.69, 9.17) is 0 Å². The molecule has 0 spiro atoms. The summed E-state index contributed by atoms with van der Waals surface area (Å²) < 4.78 is 40.8. The standard InChI is InChI=1S/C18H16F3N5O2S/c1-25-9-11(3-8-15(25)28)16-23-24-17(26(16)2)29-10-14(27)22-13-6-4-12(5-7-13)18(19,20)21/h3-9H,10H2,1-2H3,(H,22,27). The molecule has 0 aliphatic carbocycles. The Morgan fingerprint density at radius 3 is 2.41 bits per heavy atom. The van der Waals surface area contributed by atoms with Gasteiger partial charge in [0.15, 0.2) is 11.0 Å². The van der Waals surface area contributed by atoms with Gasteiger partial charge in [0.2, 0.25) is 11.5 Å². The molecule has 0 aliphatic heterocycles. The first-order valence-corrected chi connectivity index (χ1v) is 9.30. The number of nitrogens with zero attached hydrogens (tertiary/aromatic N) is 4. The first-order chi connectivity index (χ1) is 13.6. The third-order valence-corrected chi connectivity index (χ3v) is 5.03. The zero-order valence-corrected chi connectivity index (χ0v) is 16.2. The molecule has 2 heterocycles. The Morgan fingerprint density at radius 1 is 1.10 bits per heavy atom. The molecule has 1 N–H and O–H groups in total. The largest absolute Gasteiger partial charge is 0.416 e. The third kappa shape index (κ3) is 4.86. The minimum atomic E-state index is -4.42. The van der Waals surface area contributed by atoms with E-state index in [0.717, 1.165) is 23.9 Å². The number of anilines is 1. The van der Waals surface area contributed by atoms with Crippen LogP contribution in [0.25, 0.3) is 11.4 Å². The molecule has 0 saturated carbocycles.